The van der Waals surface area contributed by atoms with E-state index in [1.165, 1.54) is 6.92 Å². The Bertz CT molecular complexity index is 310. The second-order valence-electron chi connectivity index (χ2n) is 4.72. The lowest BCUT2D eigenvalue weighted by Gasteiger charge is -2.29. The molecular weight excluding hydrogens is 233 g/mol. The molecule has 2 atom stereocenters. The third kappa shape index (κ3) is 5.77. The smallest absolute Gasteiger partial charge is 0.147 e. The van der Waals surface area contributed by atoms with Gasteiger partial charge in [-0.1, -0.05) is 0 Å². The first kappa shape index (κ1) is 13.9. The molecule has 1 saturated heterocycles. The van der Waals surface area contributed by atoms with Crippen molar-refractivity contribution in [2.45, 2.75) is 31.5 Å². The fourth-order valence-corrected chi connectivity index (χ4v) is 2.56. The minimum Gasteiger partial charge on any atom is -0.379 e. The van der Waals surface area contributed by atoms with E-state index >= 15 is 0 Å². The first-order chi connectivity index (χ1) is 7.29. The Balaban J connectivity index is 2.37. The van der Waals surface area contributed by atoms with E-state index in [4.69, 9.17) is 4.74 Å². The summed E-state index contributed by atoms with van der Waals surface area (Å²) in [7, 11) is -3.09. The van der Waals surface area contributed by atoms with Crippen LogP contribution in [0.2, 0.25) is 0 Å². The number of hydrogen-bond acceptors (Lipinski definition) is 4. The highest BCUT2D eigenvalue weighted by atomic mass is 32.2. The quantitative estimate of drug-likeness (QED) is 0.776. The summed E-state index contributed by atoms with van der Waals surface area (Å²) in [6.07, 6.45) is 1.47. The monoisotopic (exact) mass is 253 g/mol. The molecule has 1 heterocycles. The molecule has 0 aliphatic carbocycles. The van der Waals surface area contributed by atoms with E-state index in [0.717, 1.165) is 12.8 Å². The molecule has 0 aromatic rings. The maximum atomic E-state index is 14.0. The van der Waals surface area contributed by atoms with Crippen LogP contribution in [0, 0.1) is 0 Å². The second kappa shape index (κ2) is 5.42. The molecule has 0 bridgehead atoms. The minimum atomic E-state index is -3.09. The summed E-state index contributed by atoms with van der Waals surface area (Å²) in [6, 6.07) is -0.0108. The molecule has 1 aliphatic rings. The zero-order valence-corrected chi connectivity index (χ0v) is 10.6. The van der Waals surface area contributed by atoms with Gasteiger partial charge in [0, 0.05) is 18.8 Å². The zero-order chi connectivity index (χ0) is 12.2. The van der Waals surface area contributed by atoms with Crippen LogP contribution in [0.4, 0.5) is 4.39 Å². The molecule has 0 amide bonds. The number of alkyl halides is 1. The van der Waals surface area contributed by atoms with Gasteiger partial charge >= 0.3 is 0 Å². The average molecular weight is 253 g/mol. The molecule has 1 aliphatic heterocycles. The molecule has 1 fully saturated rings. The van der Waals surface area contributed by atoms with Crippen molar-refractivity contribution in [2.24, 2.45) is 0 Å². The standard InChI is InChI=1S/C10H20FNO3S/c1-10(11,3-6-16(2,13)14)7-9-8-15-5-4-12-9/h9,12H,3-8H2,1-2H3. The molecule has 96 valence electrons. The summed E-state index contributed by atoms with van der Waals surface area (Å²) in [5, 5.41) is 3.16. The molecule has 1 N–H and O–H groups in total. The first-order valence-corrected chi connectivity index (χ1v) is 7.52. The van der Waals surface area contributed by atoms with Gasteiger partial charge in [0.2, 0.25) is 0 Å². The molecule has 16 heavy (non-hydrogen) atoms. The zero-order valence-electron chi connectivity index (χ0n) is 9.83. The molecule has 0 saturated carbocycles. The van der Waals surface area contributed by atoms with Crippen LogP contribution in [0.1, 0.15) is 19.8 Å². The van der Waals surface area contributed by atoms with E-state index in [-0.39, 0.29) is 18.2 Å². The van der Waals surface area contributed by atoms with Gasteiger partial charge in [-0.05, 0) is 19.8 Å². The number of hydrogen-bond donors (Lipinski definition) is 1. The van der Waals surface area contributed by atoms with Crippen LogP contribution >= 0.6 is 0 Å². The van der Waals surface area contributed by atoms with Gasteiger partial charge in [-0.3, -0.25) is 0 Å². The Morgan fingerprint density at radius 2 is 2.25 bits per heavy atom. The molecule has 2 unspecified atom stereocenters. The molecule has 4 nitrogen and oxygen atoms in total. The molecule has 6 heteroatoms. The number of nitrogens with one attached hydrogen (secondary N) is 1. The maximum absolute atomic E-state index is 14.0. The lowest BCUT2D eigenvalue weighted by atomic mass is 9.96. The molecule has 1 rings (SSSR count). The van der Waals surface area contributed by atoms with E-state index in [2.05, 4.69) is 5.32 Å². The van der Waals surface area contributed by atoms with Crippen molar-refractivity contribution < 1.29 is 17.5 Å². The summed E-state index contributed by atoms with van der Waals surface area (Å²) in [5.41, 5.74) is -1.46. The van der Waals surface area contributed by atoms with Crippen LogP contribution in [-0.4, -0.2) is 51.9 Å². The van der Waals surface area contributed by atoms with Crippen molar-refractivity contribution in [3.63, 3.8) is 0 Å². The van der Waals surface area contributed by atoms with Crippen molar-refractivity contribution in [2.75, 3.05) is 31.8 Å². The van der Waals surface area contributed by atoms with Gasteiger partial charge in [0.05, 0.1) is 19.0 Å². The summed E-state index contributed by atoms with van der Waals surface area (Å²) in [6.45, 7) is 3.34. The van der Waals surface area contributed by atoms with Gasteiger partial charge in [0.25, 0.3) is 0 Å². The van der Waals surface area contributed by atoms with Crippen LogP contribution in [0.25, 0.3) is 0 Å². The highest BCUT2D eigenvalue weighted by Crippen LogP contribution is 2.23. The van der Waals surface area contributed by atoms with Crippen molar-refractivity contribution in [3.8, 4) is 0 Å². The van der Waals surface area contributed by atoms with Crippen molar-refractivity contribution in [1.82, 2.24) is 5.32 Å². The third-order valence-electron chi connectivity index (χ3n) is 2.66. The van der Waals surface area contributed by atoms with Crippen molar-refractivity contribution in [1.29, 1.82) is 0 Å². The Morgan fingerprint density at radius 3 is 2.75 bits per heavy atom. The van der Waals surface area contributed by atoms with Crippen molar-refractivity contribution in [3.05, 3.63) is 0 Å². The molecular formula is C10H20FNO3S. The summed E-state index contributed by atoms with van der Waals surface area (Å²) >= 11 is 0. The minimum absolute atomic E-state index is 0.0108. The Hall–Kier alpha value is -0.200. The number of sulfone groups is 1. The number of rotatable bonds is 5. The van der Waals surface area contributed by atoms with Gasteiger partial charge in [0.1, 0.15) is 15.5 Å². The number of halogens is 1. The van der Waals surface area contributed by atoms with Crippen LogP contribution in [0.15, 0.2) is 0 Å². The fourth-order valence-electron chi connectivity index (χ4n) is 1.76. The Labute approximate surface area is 96.5 Å². The predicted octanol–water partition coefficient (Wildman–Crippen LogP) is 0.528. The van der Waals surface area contributed by atoms with Crippen LogP contribution in [-0.2, 0) is 14.6 Å². The van der Waals surface area contributed by atoms with Gasteiger partial charge in [0.15, 0.2) is 0 Å². The first-order valence-electron chi connectivity index (χ1n) is 5.46. The second-order valence-corrected chi connectivity index (χ2v) is 6.98. The predicted molar refractivity (Wildman–Crippen MR) is 61.1 cm³/mol. The fraction of sp³-hybridized carbons (Fsp3) is 1.00. The van der Waals surface area contributed by atoms with E-state index in [1.54, 1.807) is 0 Å². The lowest BCUT2D eigenvalue weighted by molar-refractivity contribution is 0.0474. The van der Waals surface area contributed by atoms with Gasteiger partial charge in [-0.15, -0.1) is 0 Å². The van der Waals surface area contributed by atoms with E-state index in [0.29, 0.717) is 19.6 Å². The Kier molecular flexibility index (Phi) is 4.70. The maximum Gasteiger partial charge on any atom is 0.147 e. The van der Waals surface area contributed by atoms with E-state index in [1.807, 2.05) is 0 Å². The average Bonchev–Trinajstić information content (AvgIpc) is 2.15. The lowest BCUT2D eigenvalue weighted by Crippen LogP contribution is -2.45. The molecule has 0 aromatic heterocycles. The number of morpholine rings is 1. The van der Waals surface area contributed by atoms with Crippen molar-refractivity contribution >= 4 is 9.84 Å². The third-order valence-corrected chi connectivity index (χ3v) is 3.61. The van der Waals surface area contributed by atoms with E-state index < -0.39 is 15.5 Å². The molecule has 0 aromatic carbocycles. The van der Waals surface area contributed by atoms with Gasteiger partial charge in [-0.25, -0.2) is 12.8 Å². The Morgan fingerprint density at radius 1 is 1.56 bits per heavy atom. The van der Waals surface area contributed by atoms with Crippen LogP contribution < -0.4 is 5.32 Å². The summed E-state index contributed by atoms with van der Waals surface area (Å²) in [4.78, 5) is 0. The highest BCUT2D eigenvalue weighted by Gasteiger charge is 2.29. The van der Waals surface area contributed by atoms with Crippen LogP contribution in [0.5, 0.6) is 0 Å². The highest BCUT2D eigenvalue weighted by molar-refractivity contribution is 7.90. The molecule has 0 spiro atoms. The van der Waals surface area contributed by atoms with Crippen LogP contribution in [0.3, 0.4) is 0 Å². The van der Waals surface area contributed by atoms with Gasteiger partial charge in [-0.2, -0.15) is 0 Å². The molecule has 0 radical (unpaired) electrons. The summed E-state index contributed by atoms with van der Waals surface area (Å²) < 4.78 is 41.2. The largest absolute Gasteiger partial charge is 0.379 e. The number of ether oxygens (including phenoxy) is 1. The normalized spacial score (nSPS) is 26.3. The summed E-state index contributed by atoms with van der Waals surface area (Å²) in [5.74, 6) is -0.104. The van der Waals surface area contributed by atoms with E-state index in [9.17, 15) is 12.8 Å². The topological polar surface area (TPSA) is 55.4 Å². The van der Waals surface area contributed by atoms with Gasteiger partial charge < -0.3 is 10.1 Å². The SMILES string of the molecule is CC(F)(CCS(C)(=O)=O)CC1COCCN1.